The van der Waals surface area contributed by atoms with Gasteiger partial charge in [0.2, 0.25) is 0 Å². The normalized spacial score (nSPS) is 11.5. The van der Waals surface area contributed by atoms with Gasteiger partial charge in [-0.25, -0.2) is 0 Å². The first-order chi connectivity index (χ1) is 13.4. The molecule has 3 heterocycles. The van der Waals surface area contributed by atoms with Gasteiger partial charge in [0.25, 0.3) is 0 Å². The lowest BCUT2D eigenvalue weighted by atomic mass is 10.2. The fourth-order valence-electron chi connectivity index (χ4n) is 3.37. The Bertz CT molecular complexity index is 938. The quantitative estimate of drug-likeness (QED) is 0.374. The Morgan fingerprint density at radius 1 is 1.25 bits per heavy atom. The monoisotopic (exact) mass is 400 g/mol. The molecule has 0 amide bonds. The zero-order valence-electron chi connectivity index (χ0n) is 17.2. The number of furan rings is 1. The highest BCUT2D eigenvalue weighted by atomic mass is 32.2. The second-order valence-corrected chi connectivity index (χ2v) is 8.38. The smallest absolute Gasteiger partial charge is 0.200 e. The number of ketones is 1. The van der Waals surface area contributed by atoms with Crippen molar-refractivity contribution in [2.24, 2.45) is 5.92 Å². The van der Waals surface area contributed by atoms with Crippen LogP contribution >= 0.6 is 11.8 Å². The number of thioether (sulfide) groups is 1. The van der Waals surface area contributed by atoms with Gasteiger partial charge in [0.15, 0.2) is 22.5 Å². The van der Waals surface area contributed by atoms with Crippen molar-refractivity contribution in [3.63, 3.8) is 0 Å². The summed E-state index contributed by atoms with van der Waals surface area (Å²) in [4.78, 5) is 12.9. The number of aromatic nitrogens is 4. The molecule has 0 N–H and O–H groups in total. The third-order valence-corrected chi connectivity index (χ3v) is 5.63. The van der Waals surface area contributed by atoms with Crippen LogP contribution in [-0.2, 0) is 13.1 Å². The first kappa shape index (κ1) is 20.5. The molecule has 7 heteroatoms. The van der Waals surface area contributed by atoms with Gasteiger partial charge in [0.1, 0.15) is 0 Å². The lowest BCUT2D eigenvalue weighted by Gasteiger charge is -2.11. The lowest BCUT2D eigenvalue weighted by molar-refractivity contribution is 0.102. The molecule has 0 atom stereocenters. The van der Waals surface area contributed by atoms with E-state index < -0.39 is 0 Å². The zero-order chi connectivity index (χ0) is 20.3. The van der Waals surface area contributed by atoms with Crippen molar-refractivity contribution in [1.29, 1.82) is 0 Å². The van der Waals surface area contributed by atoms with E-state index in [-0.39, 0.29) is 5.78 Å². The van der Waals surface area contributed by atoms with E-state index in [2.05, 4.69) is 42.5 Å². The van der Waals surface area contributed by atoms with E-state index in [4.69, 9.17) is 4.42 Å². The molecule has 0 fully saturated rings. The van der Waals surface area contributed by atoms with Crippen molar-refractivity contribution in [1.82, 2.24) is 19.3 Å². The molecule has 3 rings (SSSR count). The fraction of sp³-hybridized carbons (Fsp3) is 0.476. The van der Waals surface area contributed by atoms with Crippen LogP contribution in [-0.4, -0.2) is 30.9 Å². The highest BCUT2D eigenvalue weighted by Crippen LogP contribution is 2.27. The Balaban J connectivity index is 1.79. The fourth-order valence-corrected chi connectivity index (χ4v) is 4.20. The average Bonchev–Trinajstić information content (AvgIpc) is 3.36. The predicted octanol–water partition coefficient (Wildman–Crippen LogP) is 5.00. The molecule has 0 saturated carbocycles. The Hall–Kier alpha value is -2.28. The first-order valence-electron chi connectivity index (χ1n) is 9.72. The zero-order valence-corrected chi connectivity index (χ0v) is 18.0. The van der Waals surface area contributed by atoms with Crippen molar-refractivity contribution in [2.45, 2.75) is 59.3 Å². The summed E-state index contributed by atoms with van der Waals surface area (Å²) in [6.45, 7) is 12.2. The SMILES string of the molecule is CCCn1c(C)cc(C(=O)CSc2nnc(-c3ccco3)n2CC(C)C)c1C. The van der Waals surface area contributed by atoms with Crippen LogP contribution in [0.25, 0.3) is 11.6 Å². The van der Waals surface area contributed by atoms with Crippen LogP contribution in [0.2, 0.25) is 0 Å². The number of Topliss-reactive ketones (excluding diaryl/α,β-unsaturated/α-hetero) is 1. The Labute approximate surface area is 170 Å². The van der Waals surface area contributed by atoms with E-state index in [9.17, 15) is 4.79 Å². The third-order valence-electron chi connectivity index (χ3n) is 4.66. The molecule has 0 aliphatic rings. The number of hydrogen-bond donors (Lipinski definition) is 0. The summed E-state index contributed by atoms with van der Waals surface area (Å²) in [5.41, 5.74) is 2.99. The molecule has 0 bridgehead atoms. The van der Waals surface area contributed by atoms with Gasteiger partial charge < -0.3 is 8.98 Å². The molecule has 0 spiro atoms. The van der Waals surface area contributed by atoms with E-state index in [1.165, 1.54) is 11.8 Å². The van der Waals surface area contributed by atoms with Gasteiger partial charge >= 0.3 is 0 Å². The van der Waals surface area contributed by atoms with Gasteiger partial charge in [0, 0.05) is 30.0 Å². The average molecular weight is 401 g/mol. The predicted molar refractivity (Wildman–Crippen MR) is 112 cm³/mol. The van der Waals surface area contributed by atoms with Crippen LogP contribution in [0, 0.1) is 19.8 Å². The Kier molecular flexibility index (Phi) is 6.44. The molecule has 0 aliphatic carbocycles. The third kappa shape index (κ3) is 4.24. The van der Waals surface area contributed by atoms with E-state index in [0.717, 1.165) is 41.6 Å². The van der Waals surface area contributed by atoms with Gasteiger partial charge in [-0.2, -0.15) is 0 Å². The van der Waals surface area contributed by atoms with Gasteiger partial charge in [-0.3, -0.25) is 9.36 Å². The van der Waals surface area contributed by atoms with E-state index >= 15 is 0 Å². The molecule has 0 aromatic carbocycles. The van der Waals surface area contributed by atoms with Crippen molar-refractivity contribution in [3.05, 3.63) is 41.4 Å². The van der Waals surface area contributed by atoms with Crippen LogP contribution < -0.4 is 0 Å². The van der Waals surface area contributed by atoms with Crippen molar-refractivity contribution in [2.75, 3.05) is 5.75 Å². The van der Waals surface area contributed by atoms with Crippen LogP contribution in [0.15, 0.2) is 34.0 Å². The number of hydrogen-bond acceptors (Lipinski definition) is 5. The van der Waals surface area contributed by atoms with Gasteiger partial charge in [-0.15, -0.1) is 10.2 Å². The number of aryl methyl sites for hydroxylation is 1. The Morgan fingerprint density at radius 2 is 2.04 bits per heavy atom. The van der Waals surface area contributed by atoms with Gasteiger partial charge in [-0.1, -0.05) is 32.5 Å². The summed E-state index contributed by atoms with van der Waals surface area (Å²) in [6.07, 6.45) is 2.68. The summed E-state index contributed by atoms with van der Waals surface area (Å²) in [5, 5.41) is 9.38. The molecule has 3 aromatic heterocycles. The topological polar surface area (TPSA) is 65.8 Å². The minimum Gasteiger partial charge on any atom is -0.461 e. The lowest BCUT2D eigenvalue weighted by Crippen LogP contribution is -2.10. The van der Waals surface area contributed by atoms with Crippen molar-refractivity contribution < 1.29 is 9.21 Å². The number of nitrogens with zero attached hydrogens (tertiary/aromatic N) is 4. The van der Waals surface area contributed by atoms with Crippen LogP contribution in [0.1, 0.15) is 48.9 Å². The van der Waals surface area contributed by atoms with Crippen LogP contribution in [0.5, 0.6) is 0 Å². The van der Waals surface area contributed by atoms with E-state index in [1.807, 2.05) is 29.7 Å². The molecule has 0 radical (unpaired) electrons. The molecule has 0 aliphatic heterocycles. The molecule has 28 heavy (non-hydrogen) atoms. The molecule has 6 nitrogen and oxygen atoms in total. The highest BCUT2D eigenvalue weighted by molar-refractivity contribution is 7.99. The number of rotatable bonds is 9. The molecule has 150 valence electrons. The Morgan fingerprint density at radius 3 is 2.68 bits per heavy atom. The molecular weight excluding hydrogens is 372 g/mol. The minimum absolute atomic E-state index is 0.124. The van der Waals surface area contributed by atoms with E-state index in [1.54, 1.807) is 6.26 Å². The molecule has 0 saturated heterocycles. The maximum absolute atomic E-state index is 12.9. The summed E-state index contributed by atoms with van der Waals surface area (Å²) >= 11 is 1.44. The van der Waals surface area contributed by atoms with Crippen molar-refractivity contribution in [3.8, 4) is 11.6 Å². The minimum atomic E-state index is 0.124. The standard InChI is InChI=1S/C21H28N4O2S/c1-6-9-24-15(4)11-17(16(24)5)18(26)13-28-21-23-22-20(19-8-7-10-27-19)25(21)12-14(2)3/h7-8,10-11,14H,6,9,12-13H2,1-5H3. The summed E-state index contributed by atoms with van der Waals surface area (Å²) in [5.74, 6) is 2.28. The summed E-state index contributed by atoms with van der Waals surface area (Å²) < 4.78 is 9.76. The van der Waals surface area contributed by atoms with Crippen LogP contribution in [0.3, 0.4) is 0 Å². The second-order valence-electron chi connectivity index (χ2n) is 7.44. The number of carbonyl (C=O) groups is 1. The largest absolute Gasteiger partial charge is 0.461 e. The molecule has 0 unspecified atom stereocenters. The number of carbonyl (C=O) groups excluding carboxylic acids is 1. The molecule has 3 aromatic rings. The maximum atomic E-state index is 12.9. The molecular formula is C21H28N4O2S. The first-order valence-corrected chi connectivity index (χ1v) is 10.7. The van der Waals surface area contributed by atoms with E-state index in [0.29, 0.717) is 23.3 Å². The summed E-state index contributed by atoms with van der Waals surface area (Å²) in [6, 6.07) is 5.72. The summed E-state index contributed by atoms with van der Waals surface area (Å²) in [7, 11) is 0. The van der Waals surface area contributed by atoms with Gasteiger partial charge in [0.05, 0.1) is 12.0 Å². The second kappa shape index (κ2) is 8.82. The van der Waals surface area contributed by atoms with Crippen LogP contribution in [0.4, 0.5) is 0 Å². The van der Waals surface area contributed by atoms with Crippen molar-refractivity contribution >= 4 is 17.5 Å². The maximum Gasteiger partial charge on any atom is 0.200 e. The van der Waals surface area contributed by atoms with Gasteiger partial charge in [-0.05, 0) is 44.4 Å². The highest BCUT2D eigenvalue weighted by Gasteiger charge is 2.20.